The third kappa shape index (κ3) is 2.20. The molecule has 1 heterocycles. The van der Waals surface area contributed by atoms with E-state index in [0.717, 1.165) is 0 Å². The molecule has 1 aliphatic heterocycles. The lowest BCUT2D eigenvalue weighted by molar-refractivity contribution is 0.0799. The van der Waals surface area contributed by atoms with Crippen molar-refractivity contribution in [1.82, 2.24) is 4.90 Å². The zero-order valence-corrected chi connectivity index (χ0v) is 9.63. The minimum absolute atomic E-state index is 0.0417. The van der Waals surface area contributed by atoms with E-state index in [-0.39, 0.29) is 11.7 Å². The van der Waals surface area contributed by atoms with Gasteiger partial charge in [-0.15, -0.1) is 0 Å². The van der Waals surface area contributed by atoms with E-state index in [2.05, 4.69) is 4.99 Å². The second-order valence-electron chi connectivity index (χ2n) is 3.76. The van der Waals surface area contributed by atoms with Crippen molar-refractivity contribution < 1.29 is 9.90 Å². The van der Waals surface area contributed by atoms with Crippen molar-refractivity contribution >= 4 is 17.8 Å². The Bertz CT molecular complexity index is 492. The Morgan fingerprint density at radius 1 is 1.53 bits per heavy atom. The molecule has 88 valence electrons. The van der Waals surface area contributed by atoms with E-state index in [0.29, 0.717) is 24.3 Å². The van der Waals surface area contributed by atoms with Crippen LogP contribution in [0.3, 0.4) is 0 Å². The van der Waals surface area contributed by atoms with Gasteiger partial charge in [-0.1, -0.05) is 18.2 Å². The molecule has 1 aromatic rings. The first kappa shape index (κ1) is 11.4. The van der Waals surface area contributed by atoms with Gasteiger partial charge in [0.1, 0.15) is 11.4 Å². The van der Waals surface area contributed by atoms with Gasteiger partial charge >= 0.3 is 0 Å². The first-order chi connectivity index (χ1) is 8.24. The van der Waals surface area contributed by atoms with Gasteiger partial charge < -0.3 is 10.0 Å². The smallest absolute Gasteiger partial charge is 0.256 e. The van der Waals surface area contributed by atoms with Crippen LogP contribution in [0.5, 0.6) is 5.75 Å². The summed E-state index contributed by atoms with van der Waals surface area (Å²) in [6, 6.07) is 4.87. The lowest BCUT2D eigenvalue weighted by atomic mass is 10.1. The molecule has 1 aliphatic rings. The van der Waals surface area contributed by atoms with Crippen LogP contribution < -0.4 is 0 Å². The number of allylic oxidation sites excluding steroid dienone is 1. The Balaban J connectivity index is 2.38. The number of hydrogen-bond acceptors (Lipinski definition) is 3. The molecule has 0 fully saturated rings. The van der Waals surface area contributed by atoms with Crippen molar-refractivity contribution in [3.05, 3.63) is 35.9 Å². The number of carbonyl (C=O) groups excluding carboxylic acids is 1. The Hall–Kier alpha value is -2.10. The molecule has 0 unspecified atom stereocenters. The van der Waals surface area contributed by atoms with Crippen molar-refractivity contribution in [1.29, 1.82) is 0 Å². The van der Waals surface area contributed by atoms with E-state index in [1.807, 2.05) is 19.1 Å². The van der Waals surface area contributed by atoms with Gasteiger partial charge in [0, 0.05) is 12.8 Å². The Morgan fingerprint density at radius 2 is 2.35 bits per heavy atom. The molecule has 1 N–H and O–H groups in total. The molecule has 2 rings (SSSR count). The van der Waals surface area contributed by atoms with E-state index in [1.54, 1.807) is 23.2 Å². The van der Waals surface area contributed by atoms with Crippen molar-refractivity contribution in [2.45, 2.75) is 6.92 Å². The van der Waals surface area contributed by atoms with Crippen LogP contribution in [0.4, 0.5) is 5.69 Å². The third-order valence-corrected chi connectivity index (χ3v) is 2.62. The molecule has 0 aliphatic carbocycles. The van der Waals surface area contributed by atoms with Crippen LogP contribution in [0, 0.1) is 0 Å². The topological polar surface area (TPSA) is 52.9 Å². The lowest BCUT2D eigenvalue weighted by Crippen LogP contribution is -2.31. The maximum atomic E-state index is 12.2. The molecule has 0 saturated heterocycles. The molecule has 0 aromatic heterocycles. The van der Waals surface area contributed by atoms with Gasteiger partial charge in [0.15, 0.2) is 0 Å². The van der Waals surface area contributed by atoms with Gasteiger partial charge in [-0.25, -0.2) is 0 Å². The first-order valence-corrected chi connectivity index (χ1v) is 5.49. The van der Waals surface area contributed by atoms with Gasteiger partial charge in [-0.3, -0.25) is 9.79 Å². The molecule has 4 nitrogen and oxygen atoms in total. The number of amides is 1. The Labute approximate surface area is 99.9 Å². The summed E-state index contributed by atoms with van der Waals surface area (Å²) in [5.74, 6) is -0.0634. The third-order valence-electron chi connectivity index (χ3n) is 2.62. The monoisotopic (exact) mass is 230 g/mol. The van der Waals surface area contributed by atoms with Crippen molar-refractivity contribution in [3.63, 3.8) is 0 Å². The van der Waals surface area contributed by atoms with Crippen molar-refractivity contribution in [3.8, 4) is 5.75 Å². The van der Waals surface area contributed by atoms with E-state index in [9.17, 15) is 9.90 Å². The van der Waals surface area contributed by atoms with E-state index >= 15 is 0 Å². The zero-order valence-electron chi connectivity index (χ0n) is 9.63. The average Bonchev–Trinajstić information content (AvgIpc) is 2.49. The standard InChI is InChI=1S/C13H14N2O2/c1-2-3-8-15-9-7-14-12-10(13(15)17)5-4-6-11(12)16/h2-7,16H,8-9H2,1H3. The minimum Gasteiger partial charge on any atom is -0.506 e. The first-order valence-electron chi connectivity index (χ1n) is 5.49. The fraction of sp³-hybridized carbons (Fsp3) is 0.231. The fourth-order valence-corrected chi connectivity index (χ4v) is 1.71. The van der Waals surface area contributed by atoms with Gasteiger partial charge in [0.2, 0.25) is 0 Å². The molecule has 1 amide bonds. The number of phenolic OH excluding ortho intramolecular Hbond substituents is 1. The number of fused-ring (bicyclic) bond motifs is 1. The second kappa shape index (κ2) is 4.82. The molecule has 0 atom stereocenters. The van der Waals surface area contributed by atoms with E-state index < -0.39 is 0 Å². The molecule has 0 saturated carbocycles. The predicted molar refractivity (Wildman–Crippen MR) is 67.0 cm³/mol. The summed E-state index contributed by atoms with van der Waals surface area (Å²) in [5, 5.41) is 9.66. The summed E-state index contributed by atoms with van der Waals surface area (Å²) in [4.78, 5) is 18.0. The largest absolute Gasteiger partial charge is 0.506 e. The van der Waals surface area contributed by atoms with Crippen LogP contribution in [0.15, 0.2) is 35.3 Å². The summed E-state index contributed by atoms with van der Waals surface area (Å²) in [6.07, 6.45) is 5.46. The number of rotatable bonds is 2. The number of aromatic hydroxyl groups is 1. The highest BCUT2D eigenvalue weighted by molar-refractivity contribution is 6.03. The molecule has 0 spiro atoms. The van der Waals surface area contributed by atoms with E-state index in [1.165, 1.54) is 6.07 Å². The number of hydrogen-bond donors (Lipinski definition) is 1. The van der Waals surface area contributed by atoms with Crippen LogP contribution in [0.1, 0.15) is 17.3 Å². The number of aliphatic imine (C=N–C) groups is 1. The quantitative estimate of drug-likeness (QED) is 0.791. The second-order valence-corrected chi connectivity index (χ2v) is 3.76. The molecular formula is C13H14N2O2. The number of nitrogens with zero attached hydrogens (tertiary/aromatic N) is 2. The predicted octanol–water partition coefficient (Wildman–Crippen LogP) is 2.13. The summed E-state index contributed by atoms with van der Waals surface area (Å²) < 4.78 is 0. The molecular weight excluding hydrogens is 216 g/mol. The summed E-state index contributed by atoms with van der Waals surface area (Å²) in [7, 11) is 0. The zero-order chi connectivity index (χ0) is 12.3. The lowest BCUT2D eigenvalue weighted by Gasteiger charge is -2.17. The Kier molecular flexibility index (Phi) is 3.23. The average molecular weight is 230 g/mol. The highest BCUT2D eigenvalue weighted by Gasteiger charge is 2.21. The van der Waals surface area contributed by atoms with Crippen LogP contribution >= 0.6 is 0 Å². The summed E-state index contributed by atoms with van der Waals surface area (Å²) in [6.45, 7) is 2.92. The number of carbonyl (C=O) groups is 1. The highest BCUT2D eigenvalue weighted by atomic mass is 16.3. The molecule has 0 bridgehead atoms. The van der Waals surface area contributed by atoms with Crippen LogP contribution in [0.25, 0.3) is 0 Å². The maximum absolute atomic E-state index is 12.2. The number of phenols is 1. The van der Waals surface area contributed by atoms with Gasteiger partial charge in [-0.2, -0.15) is 0 Å². The highest BCUT2D eigenvalue weighted by Crippen LogP contribution is 2.31. The van der Waals surface area contributed by atoms with Crippen LogP contribution in [-0.4, -0.2) is 35.2 Å². The van der Waals surface area contributed by atoms with Gasteiger partial charge in [0.05, 0.1) is 12.1 Å². The summed E-state index contributed by atoms with van der Waals surface area (Å²) in [5.41, 5.74) is 0.809. The fourth-order valence-electron chi connectivity index (χ4n) is 1.71. The molecule has 0 radical (unpaired) electrons. The van der Waals surface area contributed by atoms with Crippen LogP contribution in [0.2, 0.25) is 0 Å². The number of para-hydroxylation sites is 1. The van der Waals surface area contributed by atoms with Crippen molar-refractivity contribution in [2.24, 2.45) is 4.99 Å². The van der Waals surface area contributed by atoms with Gasteiger partial charge in [0.25, 0.3) is 5.91 Å². The van der Waals surface area contributed by atoms with E-state index in [4.69, 9.17) is 0 Å². The van der Waals surface area contributed by atoms with Gasteiger partial charge in [-0.05, 0) is 19.1 Å². The molecule has 17 heavy (non-hydrogen) atoms. The number of benzene rings is 1. The molecule has 1 aromatic carbocycles. The normalized spacial score (nSPS) is 15.1. The van der Waals surface area contributed by atoms with Crippen LogP contribution in [-0.2, 0) is 0 Å². The minimum atomic E-state index is -0.105. The maximum Gasteiger partial charge on any atom is 0.256 e. The SMILES string of the molecule is CC=CCN1CC=Nc2c(O)cccc2C1=O. The van der Waals surface area contributed by atoms with Crippen molar-refractivity contribution in [2.75, 3.05) is 13.1 Å². The summed E-state index contributed by atoms with van der Waals surface area (Å²) >= 11 is 0. The molecule has 4 heteroatoms. The Morgan fingerprint density at radius 3 is 3.12 bits per heavy atom.